The normalized spacial score (nSPS) is 11.1. The van der Waals surface area contributed by atoms with Crippen LogP contribution in [-0.2, 0) is 13.0 Å². The zero-order valence-corrected chi connectivity index (χ0v) is 12.4. The smallest absolute Gasteiger partial charge is 0.264 e. The average molecular weight is 303 g/mol. The predicted molar refractivity (Wildman–Crippen MR) is 81.2 cm³/mol. The molecule has 0 aliphatic rings. The molecular weight excluding hydrogens is 289 g/mol. The summed E-state index contributed by atoms with van der Waals surface area (Å²) in [5, 5.41) is 0.543. The van der Waals surface area contributed by atoms with Gasteiger partial charge < -0.3 is 0 Å². The van der Waals surface area contributed by atoms with Crippen LogP contribution in [0.15, 0.2) is 35.3 Å². The average Bonchev–Trinajstić information content (AvgIpc) is 2.94. The Bertz CT molecular complexity index is 823. The number of hydrogen-bond acceptors (Lipinski definition) is 4. The van der Waals surface area contributed by atoms with Crippen molar-refractivity contribution in [3.63, 3.8) is 0 Å². The first-order valence-electron chi connectivity index (χ1n) is 6.77. The Kier molecular flexibility index (Phi) is 3.79. The van der Waals surface area contributed by atoms with Crippen molar-refractivity contribution >= 4 is 21.7 Å². The van der Waals surface area contributed by atoms with Crippen molar-refractivity contribution in [3.8, 4) is 0 Å². The van der Waals surface area contributed by atoms with Crippen molar-refractivity contribution in [2.45, 2.75) is 26.3 Å². The first-order valence-corrected chi connectivity index (χ1v) is 7.55. The quantitative estimate of drug-likeness (QED) is 0.744. The maximum atomic E-state index is 13.0. The largest absolute Gasteiger partial charge is 0.292 e. The molecule has 0 saturated heterocycles. The number of hydrogen-bond donors (Lipinski definition) is 0. The van der Waals surface area contributed by atoms with Crippen LogP contribution >= 0.6 is 11.5 Å². The first-order chi connectivity index (χ1) is 10.2. The van der Waals surface area contributed by atoms with Gasteiger partial charge in [0, 0.05) is 6.42 Å². The van der Waals surface area contributed by atoms with Gasteiger partial charge in [-0.1, -0.05) is 19.1 Å². The van der Waals surface area contributed by atoms with Gasteiger partial charge in [0.15, 0.2) is 4.83 Å². The second kappa shape index (κ2) is 5.73. The van der Waals surface area contributed by atoms with Gasteiger partial charge in [-0.15, -0.1) is 0 Å². The third-order valence-electron chi connectivity index (χ3n) is 3.30. The first kappa shape index (κ1) is 13.9. The minimum absolute atomic E-state index is 0.0819. The number of halogens is 1. The van der Waals surface area contributed by atoms with Gasteiger partial charge in [0.25, 0.3) is 5.56 Å². The van der Waals surface area contributed by atoms with Gasteiger partial charge in [-0.2, -0.15) is 4.37 Å². The van der Waals surface area contributed by atoms with Crippen LogP contribution < -0.4 is 5.56 Å². The van der Waals surface area contributed by atoms with E-state index < -0.39 is 0 Å². The predicted octanol–water partition coefficient (Wildman–Crippen LogP) is 2.99. The fraction of sp³-hybridized carbons (Fsp3) is 0.267. The molecule has 0 amide bonds. The van der Waals surface area contributed by atoms with Gasteiger partial charge in [0.05, 0.1) is 18.1 Å². The zero-order valence-electron chi connectivity index (χ0n) is 11.5. The number of fused-ring (bicyclic) bond motifs is 1. The van der Waals surface area contributed by atoms with Crippen molar-refractivity contribution in [2.75, 3.05) is 0 Å². The third-order valence-corrected chi connectivity index (χ3v) is 3.99. The Labute approximate surface area is 125 Å². The summed E-state index contributed by atoms with van der Waals surface area (Å²) in [6, 6.07) is 6.18. The molecule has 4 nitrogen and oxygen atoms in total. The second-order valence-electron chi connectivity index (χ2n) is 4.84. The summed E-state index contributed by atoms with van der Waals surface area (Å²) < 4.78 is 18.7. The van der Waals surface area contributed by atoms with E-state index in [1.807, 2.05) is 6.92 Å². The van der Waals surface area contributed by atoms with Crippen LogP contribution in [0.3, 0.4) is 0 Å². The molecule has 2 aromatic heterocycles. The van der Waals surface area contributed by atoms with Gasteiger partial charge in [0.1, 0.15) is 11.6 Å². The van der Waals surface area contributed by atoms with Crippen LogP contribution in [0.1, 0.15) is 24.7 Å². The highest BCUT2D eigenvalue weighted by atomic mass is 32.1. The molecule has 0 radical (unpaired) electrons. The molecule has 0 aliphatic carbocycles. The molecule has 0 unspecified atom stereocenters. The van der Waals surface area contributed by atoms with E-state index in [2.05, 4.69) is 9.36 Å². The maximum absolute atomic E-state index is 13.0. The van der Waals surface area contributed by atoms with Gasteiger partial charge in [-0.05, 0) is 35.6 Å². The Balaban J connectivity index is 2.10. The van der Waals surface area contributed by atoms with E-state index in [4.69, 9.17) is 0 Å². The number of nitrogens with zero attached hydrogens (tertiary/aromatic N) is 3. The Morgan fingerprint density at radius 3 is 2.76 bits per heavy atom. The highest BCUT2D eigenvalue weighted by molar-refractivity contribution is 7.12. The molecule has 108 valence electrons. The van der Waals surface area contributed by atoms with Crippen molar-refractivity contribution in [1.29, 1.82) is 0 Å². The topological polar surface area (TPSA) is 47.8 Å². The molecule has 6 heteroatoms. The molecule has 0 saturated carbocycles. The molecule has 2 heterocycles. The zero-order chi connectivity index (χ0) is 14.8. The Morgan fingerprint density at radius 1 is 1.29 bits per heavy atom. The molecule has 0 aliphatic heterocycles. The number of benzene rings is 1. The standard InChI is InChI=1S/C15H14FN3OS/c1-2-3-13-18-14-12(8-17-21-14)15(20)19(13)9-10-4-6-11(16)7-5-10/h4-8H,2-3,9H2,1H3. The summed E-state index contributed by atoms with van der Waals surface area (Å²) in [5.74, 6) is 0.471. The Morgan fingerprint density at radius 2 is 2.05 bits per heavy atom. The fourth-order valence-electron chi connectivity index (χ4n) is 2.25. The lowest BCUT2D eigenvalue weighted by atomic mass is 10.2. The fourth-order valence-corrected chi connectivity index (χ4v) is 2.89. The third kappa shape index (κ3) is 2.71. The summed E-state index contributed by atoms with van der Waals surface area (Å²) >= 11 is 1.23. The highest BCUT2D eigenvalue weighted by Crippen LogP contribution is 2.14. The van der Waals surface area contributed by atoms with E-state index in [1.54, 1.807) is 22.9 Å². The van der Waals surface area contributed by atoms with Crippen LogP contribution in [0.5, 0.6) is 0 Å². The van der Waals surface area contributed by atoms with Gasteiger partial charge in [-0.3, -0.25) is 9.36 Å². The Hall–Kier alpha value is -2.08. The van der Waals surface area contributed by atoms with Crippen LogP contribution in [0.4, 0.5) is 4.39 Å². The van der Waals surface area contributed by atoms with E-state index in [0.717, 1.165) is 24.2 Å². The summed E-state index contributed by atoms with van der Waals surface area (Å²) in [7, 11) is 0. The molecule has 1 aromatic carbocycles. The lowest BCUT2D eigenvalue weighted by molar-refractivity contribution is 0.624. The monoisotopic (exact) mass is 303 g/mol. The van der Waals surface area contributed by atoms with Gasteiger partial charge in [0.2, 0.25) is 0 Å². The lowest BCUT2D eigenvalue weighted by Crippen LogP contribution is -2.25. The lowest BCUT2D eigenvalue weighted by Gasteiger charge is -2.11. The molecule has 0 bridgehead atoms. The highest BCUT2D eigenvalue weighted by Gasteiger charge is 2.12. The number of aryl methyl sites for hydroxylation is 1. The van der Waals surface area contributed by atoms with Crippen molar-refractivity contribution in [1.82, 2.24) is 13.9 Å². The van der Waals surface area contributed by atoms with Crippen LogP contribution in [-0.4, -0.2) is 13.9 Å². The second-order valence-corrected chi connectivity index (χ2v) is 5.62. The minimum Gasteiger partial charge on any atom is -0.292 e. The summed E-state index contributed by atoms with van der Waals surface area (Å²) in [5.41, 5.74) is 0.793. The summed E-state index contributed by atoms with van der Waals surface area (Å²) in [6.07, 6.45) is 3.19. The van der Waals surface area contributed by atoms with Crippen molar-refractivity contribution in [3.05, 3.63) is 58.0 Å². The summed E-state index contributed by atoms with van der Waals surface area (Å²) in [6.45, 7) is 2.44. The van der Waals surface area contributed by atoms with Crippen LogP contribution in [0.2, 0.25) is 0 Å². The molecule has 0 atom stereocenters. The minimum atomic E-state index is -0.282. The van der Waals surface area contributed by atoms with Gasteiger partial charge in [-0.25, -0.2) is 9.37 Å². The number of aromatic nitrogens is 3. The molecular formula is C15H14FN3OS. The molecule has 0 N–H and O–H groups in total. The van der Waals surface area contributed by atoms with E-state index in [1.165, 1.54) is 23.7 Å². The van der Waals surface area contributed by atoms with E-state index in [0.29, 0.717) is 16.8 Å². The maximum Gasteiger partial charge on any atom is 0.264 e. The van der Waals surface area contributed by atoms with Gasteiger partial charge >= 0.3 is 0 Å². The number of rotatable bonds is 4. The van der Waals surface area contributed by atoms with E-state index in [-0.39, 0.29) is 11.4 Å². The van der Waals surface area contributed by atoms with Crippen molar-refractivity contribution < 1.29 is 4.39 Å². The van der Waals surface area contributed by atoms with E-state index in [9.17, 15) is 9.18 Å². The molecule has 0 fully saturated rings. The van der Waals surface area contributed by atoms with Crippen LogP contribution in [0, 0.1) is 5.82 Å². The summed E-state index contributed by atoms with van der Waals surface area (Å²) in [4.78, 5) is 17.8. The molecule has 3 aromatic rings. The van der Waals surface area contributed by atoms with Crippen LogP contribution in [0.25, 0.3) is 10.2 Å². The van der Waals surface area contributed by atoms with E-state index >= 15 is 0 Å². The SMILES string of the molecule is CCCc1nc2sncc2c(=O)n1Cc1ccc(F)cc1. The molecule has 3 rings (SSSR count). The molecule has 0 spiro atoms. The molecule has 21 heavy (non-hydrogen) atoms. The van der Waals surface area contributed by atoms with Crippen molar-refractivity contribution in [2.24, 2.45) is 0 Å².